The van der Waals surface area contributed by atoms with E-state index in [1.54, 1.807) is 12.1 Å². The fourth-order valence-electron chi connectivity index (χ4n) is 2.81. The number of aromatic nitrogens is 1. The lowest BCUT2D eigenvalue weighted by Crippen LogP contribution is -2.38. The van der Waals surface area contributed by atoms with Gasteiger partial charge in [-0.15, -0.1) is 11.3 Å². The van der Waals surface area contributed by atoms with Gasteiger partial charge in [-0.05, 0) is 45.2 Å². The molecule has 3 rings (SSSR count). The van der Waals surface area contributed by atoms with Gasteiger partial charge in [-0.2, -0.15) is 0 Å². The van der Waals surface area contributed by atoms with Crippen molar-refractivity contribution in [3.8, 4) is 0 Å². The third-order valence-corrected chi connectivity index (χ3v) is 5.09. The minimum absolute atomic E-state index is 0.00799. The molecule has 22 heavy (non-hydrogen) atoms. The number of rotatable bonds is 3. The van der Waals surface area contributed by atoms with Gasteiger partial charge < -0.3 is 9.42 Å². The summed E-state index contributed by atoms with van der Waals surface area (Å²) in [7, 11) is 0. The van der Waals surface area contributed by atoms with Crippen molar-refractivity contribution in [2.45, 2.75) is 39.2 Å². The lowest BCUT2D eigenvalue weighted by Gasteiger charge is -2.34. The summed E-state index contributed by atoms with van der Waals surface area (Å²) < 4.78 is 5.16. The zero-order chi connectivity index (χ0) is 15.7. The van der Waals surface area contributed by atoms with Gasteiger partial charge in [0.1, 0.15) is 11.5 Å². The fraction of sp³-hybridized carbons (Fsp3) is 0.438. The van der Waals surface area contributed by atoms with Gasteiger partial charge in [0.05, 0.1) is 15.8 Å². The Hall–Kier alpha value is -1.95. The SMILES string of the molecule is CC(=O)c1ccc(C(=O)N2CCCC[C@H]2c2cc(C)on2)s1. The van der Waals surface area contributed by atoms with E-state index < -0.39 is 0 Å². The number of nitrogens with zero attached hydrogens (tertiary/aromatic N) is 2. The van der Waals surface area contributed by atoms with Crippen molar-refractivity contribution in [2.75, 3.05) is 6.54 Å². The predicted molar refractivity (Wildman–Crippen MR) is 83.2 cm³/mol. The van der Waals surface area contributed by atoms with E-state index in [9.17, 15) is 9.59 Å². The fourth-order valence-corrected chi connectivity index (χ4v) is 3.67. The number of Topliss-reactive ketones (excluding diaryl/α,β-unsaturated/α-hetero) is 1. The average molecular weight is 318 g/mol. The molecule has 0 radical (unpaired) electrons. The summed E-state index contributed by atoms with van der Waals surface area (Å²) in [6, 6.07) is 5.32. The normalized spacial score (nSPS) is 18.5. The molecule has 2 aromatic rings. The second kappa shape index (κ2) is 6.04. The summed E-state index contributed by atoms with van der Waals surface area (Å²) in [6.45, 7) is 4.08. The van der Waals surface area contributed by atoms with Crippen molar-refractivity contribution < 1.29 is 14.1 Å². The molecule has 1 atom stereocenters. The summed E-state index contributed by atoms with van der Waals surface area (Å²) in [5, 5.41) is 4.08. The van der Waals surface area contributed by atoms with Crippen LogP contribution in [0.5, 0.6) is 0 Å². The zero-order valence-corrected chi connectivity index (χ0v) is 13.5. The van der Waals surface area contributed by atoms with E-state index in [-0.39, 0.29) is 17.7 Å². The van der Waals surface area contributed by atoms with Crippen molar-refractivity contribution in [1.29, 1.82) is 0 Å². The first-order valence-corrected chi connectivity index (χ1v) is 8.23. The smallest absolute Gasteiger partial charge is 0.264 e. The number of piperidine rings is 1. The predicted octanol–water partition coefficient (Wildman–Crippen LogP) is 3.61. The molecule has 0 bridgehead atoms. The van der Waals surface area contributed by atoms with Gasteiger partial charge >= 0.3 is 0 Å². The highest BCUT2D eigenvalue weighted by Crippen LogP contribution is 2.33. The molecule has 116 valence electrons. The van der Waals surface area contributed by atoms with Crippen LogP contribution in [0.3, 0.4) is 0 Å². The van der Waals surface area contributed by atoms with Crippen LogP contribution >= 0.6 is 11.3 Å². The van der Waals surface area contributed by atoms with Gasteiger partial charge in [-0.1, -0.05) is 5.16 Å². The Kier molecular flexibility index (Phi) is 4.11. The first-order chi connectivity index (χ1) is 10.6. The summed E-state index contributed by atoms with van der Waals surface area (Å²) in [5.41, 5.74) is 0.814. The lowest BCUT2D eigenvalue weighted by atomic mass is 9.99. The van der Waals surface area contributed by atoms with Gasteiger partial charge in [0.25, 0.3) is 5.91 Å². The number of ketones is 1. The summed E-state index contributed by atoms with van der Waals surface area (Å²) >= 11 is 1.26. The Morgan fingerprint density at radius 3 is 2.73 bits per heavy atom. The Morgan fingerprint density at radius 2 is 2.09 bits per heavy atom. The van der Waals surface area contributed by atoms with Crippen molar-refractivity contribution in [3.63, 3.8) is 0 Å². The molecule has 0 spiro atoms. The van der Waals surface area contributed by atoms with Crippen LogP contribution in [0.2, 0.25) is 0 Å². The number of thiophene rings is 1. The highest BCUT2D eigenvalue weighted by molar-refractivity contribution is 7.15. The molecule has 1 amide bonds. The first-order valence-electron chi connectivity index (χ1n) is 7.41. The molecule has 0 unspecified atom stereocenters. The van der Waals surface area contributed by atoms with Crippen molar-refractivity contribution >= 4 is 23.0 Å². The molecule has 0 aliphatic carbocycles. The van der Waals surface area contributed by atoms with Crippen LogP contribution in [0, 0.1) is 6.92 Å². The molecular formula is C16H18N2O3S. The maximum Gasteiger partial charge on any atom is 0.264 e. The van der Waals surface area contributed by atoms with E-state index in [1.807, 2.05) is 17.9 Å². The molecule has 1 fully saturated rings. The Bertz CT molecular complexity index is 704. The molecule has 3 heterocycles. The van der Waals surface area contributed by atoms with Crippen LogP contribution in [-0.2, 0) is 0 Å². The second-order valence-corrected chi connectivity index (χ2v) is 6.68. The number of hydrogen-bond acceptors (Lipinski definition) is 5. The van der Waals surface area contributed by atoms with Crippen molar-refractivity contribution in [3.05, 3.63) is 39.4 Å². The molecule has 1 aliphatic rings. The minimum Gasteiger partial charge on any atom is -0.361 e. The van der Waals surface area contributed by atoms with E-state index >= 15 is 0 Å². The summed E-state index contributed by atoms with van der Waals surface area (Å²) in [4.78, 5) is 27.3. The number of likely N-dealkylation sites (tertiary alicyclic amines) is 1. The van der Waals surface area contributed by atoms with Crippen LogP contribution in [0.15, 0.2) is 22.7 Å². The maximum absolute atomic E-state index is 12.8. The number of carbonyl (C=O) groups is 2. The molecule has 1 aliphatic heterocycles. The molecule has 0 N–H and O–H groups in total. The molecule has 1 saturated heterocycles. The maximum atomic E-state index is 12.8. The van der Waals surface area contributed by atoms with Crippen LogP contribution in [-0.4, -0.2) is 28.3 Å². The van der Waals surface area contributed by atoms with Crippen LogP contribution < -0.4 is 0 Å². The summed E-state index contributed by atoms with van der Waals surface area (Å²) in [5.74, 6) is 0.720. The molecule has 6 heteroatoms. The van der Waals surface area contributed by atoms with Gasteiger partial charge in [-0.25, -0.2) is 0 Å². The minimum atomic E-state index is -0.0402. The highest BCUT2D eigenvalue weighted by Gasteiger charge is 2.31. The van der Waals surface area contributed by atoms with Crippen molar-refractivity contribution in [2.24, 2.45) is 0 Å². The number of aryl methyl sites for hydroxylation is 1. The average Bonchev–Trinajstić information content (AvgIpc) is 3.15. The summed E-state index contributed by atoms with van der Waals surface area (Å²) in [6.07, 6.45) is 2.95. The van der Waals surface area contributed by atoms with Gasteiger partial charge in [0, 0.05) is 12.6 Å². The van der Waals surface area contributed by atoms with E-state index in [0.717, 1.165) is 30.7 Å². The number of carbonyl (C=O) groups excluding carboxylic acids is 2. The molecule has 5 nitrogen and oxygen atoms in total. The van der Waals surface area contributed by atoms with Crippen LogP contribution in [0.25, 0.3) is 0 Å². The van der Waals surface area contributed by atoms with E-state index in [4.69, 9.17) is 4.52 Å². The van der Waals surface area contributed by atoms with Gasteiger partial charge in [-0.3, -0.25) is 9.59 Å². The standard InChI is InChI=1S/C16H18N2O3S/c1-10-9-12(17-21-10)13-5-3-4-8-18(13)16(20)15-7-6-14(22-15)11(2)19/h6-7,9,13H,3-5,8H2,1-2H3/t13-/m0/s1. The second-order valence-electron chi connectivity index (χ2n) is 5.59. The van der Waals surface area contributed by atoms with Crippen LogP contribution in [0.1, 0.15) is 63.0 Å². The van der Waals surface area contributed by atoms with Gasteiger partial charge in [0.15, 0.2) is 5.78 Å². The largest absolute Gasteiger partial charge is 0.361 e. The molecule has 0 saturated carbocycles. The van der Waals surface area contributed by atoms with E-state index in [1.165, 1.54) is 18.3 Å². The molecular weight excluding hydrogens is 300 g/mol. The van der Waals surface area contributed by atoms with Crippen LogP contribution in [0.4, 0.5) is 0 Å². The third-order valence-electron chi connectivity index (χ3n) is 3.92. The quantitative estimate of drug-likeness (QED) is 0.811. The Labute approximate surface area is 132 Å². The van der Waals surface area contributed by atoms with E-state index in [2.05, 4.69) is 5.16 Å². The number of amides is 1. The Balaban J connectivity index is 1.86. The van der Waals surface area contributed by atoms with Gasteiger partial charge in [0.2, 0.25) is 0 Å². The number of hydrogen-bond donors (Lipinski definition) is 0. The monoisotopic (exact) mass is 318 g/mol. The topological polar surface area (TPSA) is 63.4 Å². The highest BCUT2D eigenvalue weighted by atomic mass is 32.1. The zero-order valence-electron chi connectivity index (χ0n) is 12.7. The first kappa shape index (κ1) is 15.0. The molecule has 2 aromatic heterocycles. The lowest BCUT2D eigenvalue weighted by molar-refractivity contribution is 0.0607. The molecule has 0 aromatic carbocycles. The van der Waals surface area contributed by atoms with E-state index in [0.29, 0.717) is 16.3 Å². The Morgan fingerprint density at radius 1 is 1.32 bits per heavy atom. The third kappa shape index (κ3) is 2.83. The van der Waals surface area contributed by atoms with Crippen molar-refractivity contribution in [1.82, 2.24) is 10.1 Å².